The molecule has 1 aliphatic heterocycles. The van der Waals surface area contributed by atoms with E-state index in [1.807, 2.05) is 6.92 Å². The number of benzene rings is 1. The molecule has 138 valence electrons. The van der Waals surface area contributed by atoms with Gasteiger partial charge >= 0.3 is 6.18 Å². The Morgan fingerprint density at radius 3 is 2.62 bits per heavy atom. The molecule has 2 heterocycles. The lowest BCUT2D eigenvalue weighted by molar-refractivity contribution is -0.153. The summed E-state index contributed by atoms with van der Waals surface area (Å²) in [4.78, 5) is 9.50. The van der Waals surface area contributed by atoms with Gasteiger partial charge < -0.3 is 15.3 Å². The molecule has 1 aliphatic rings. The second-order valence-electron chi connectivity index (χ2n) is 5.65. The molecular weight excluding hydrogens is 354 g/mol. The molecule has 26 heavy (non-hydrogen) atoms. The van der Waals surface area contributed by atoms with Crippen molar-refractivity contribution in [1.29, 1.82) is 0 Å². The first-order valence-corrected chi connectivity index (χ1v) is 7.63. The minimum atomic E-state index is -4.52. The van der Waals surface area contributed by atoms with E-state index in [0.717, 1.165) is 18.2 Å². The van der Waals surface area contributed by atoms with Crippen LogP contribution in [0, 0.1) is 5.82 Å². The molecule has 0 amide bonds. The number of hydroxylamine groups is 1. The van der Waals surface area contributed by atoms with Gasteiger partial charge in [0.1, 0.15) is 23.6 Å². The van der Waals surface area contributed by atoms with E-state index in [9.17, 15) is 17.6 Å². The molecule has 1 unspecified atom stereocenters. The lowest BCUT2D eigenvalue weighted by Gasteiger charge is -2.21. The predicted octanol–water partition coefficient (Wildman–Crippen LogP) is 4.06. The van der Waals surface area contributed by atoms with Crippen molar-refractivity contribution in [2.75, 3.05) is 17.4 Å². The number of nitrogens with zero attached hydrogens (tertiary/aromatic N) is 2. The monoisotopic (exact) mass is 369 g/mol. The second kappa shape index (κ2) is 6.74. The fraction of sp³-hybridized carbons (Fsp3) is 0.235. The summed E-state index contributed by atoms with van der Waals surface area (Å²) in [5, 5.41) is 1.51. The number of nitrogen functional groups attached to an aromatic ring is 1. The quantitative estimate of drug-likeness (QED) is 0.824. The van der Waals surface area contributed by atoms with Crippen LogP contribution in [0.1, 0.15) is 6.92 Å². The van der Waals surface area contributed by atoms with Crippen LogP contribution in [0.25, 0.3) is 11.1 Å². The van der Waals surface area contributed by atoms with Crippen molar-refractivity contribution in [2.45, 2.75) is 19.1 Å². The first kappa shape index (κ1) is 17.8. The van der Waals surface area contributed by atoms with Crippen molar-refractivity contribution in [2.24, 2.45) is 0 Å². The van der Waals surface area contributed by atoms with Gasteiger partial charge in [-0.2, -0.15) is 18.2 Å². The highest BCUT2D eigenvalue weighted by Gasteiger charge is 2.29. The highest BCUT2D eigenvalue weighted by Crippen LogP contribution is 2.36. The Morgan fingerprint density at radius 1 is 1.23 bits per heavy atom. The van der Waals surface area contributed by atoms with E-state index in [-0.39, 0.29) is 28.7 Å². The Balaban J connectivity index is 1.94. The van der Waals surface area contributed by atoms with Gasteiger partial charge in [-0.1, -0.05) is 0 Å². The molecule has 1 aromatic carbocycles. The van der Waals surface area contributed by atoms with Crippen molar-refractivity contribution in [3.05, 3.63) is 48.5 Å². The van der Waals surface area contributed by atoms with Gasteiger partial charge in [0.2, 0.25) is 0 Å². The molecule has 9 heteroatoms. The molecule has 0 fully saturated rings. The van der Waals surface area contributed by atoms with E-state index in [0.29, 0.717) is 5.82 Å². The molecule has 0 radical (unpaired) electrons. The molecule has 5 nitrogen and oxygen atoms in total. The molecule has 1 atom stereocenters. The number of pyridine rings is 1. The summed E-state index contributed by atoms with van der Waals surface area (Å²) in [7, 11) is 0. The molecule has 3 rings (SSSR count). The molecule has 1 aromatic heterocycles. The third kappa shape index (κ3) is 3.81. The number of aromatic nitrogens is 1. The highest BCUT2D eigenvalue weighted by atomic mass is 19.4. The van der Waals surface area contributed by atoms with Gasteiger partial charge in [0.05, 0.1) is 6.04 Å². The maximum atomic E-state index is 13.6. The molecule has 0 bridgehead atoms. The fourth-order valence-electron chi connectivity index (χ4n) is 2.46. The molecule has 0 aliphatic carbocycles. The van der Waals surface area contributed by atoms with Crippen LogP contribution in [0.5, 0.6) is 5.75 Å². The zero-order valence-electron chi connectivity index (χ0n) is 13.6. The standard InChI is InChI=1S/C17H15F4N3O2/c1-10-6-7-26-24(10)15-5-3-12(16(22)23-15)13-8-11(18)2-4-14(13)25-9-17(19,20)21/h2-8,10H,9H2,1H3,(H2,22,23). The summed E-state index contributed by atoms with van der Waals surface area (Å²) in [6, 6.07) is 6.23. The summed E-state index contributed by atoms with van der Waals surface area (Å²) in [6.07, 6.45) is -1.21. The smallest absolute Gasteiger partial charge is 0.422 e. The van der Waals surface area contributed by atoms with Crippen LogP contribution in [0.3, 0.4) is 0 Å². The summed E-state index contributed by atoms with van der Waals surface area (Å²) in [6.45, 7) is 0.382. The van der Waals surface area contributed by atoms with Crippen LogP contribution >= 0.6 is 0 Å². The van der Waals surface area contributed by atoms with E-state index in [1.54, 1.807) is 12.1 Å². The van der Waals surface area contributed by atoms with Gasteiger partial charge in [0, 0.05) is 11.1 Å². The first-order valence-electron chi connectivity index (χ1n) is 7.63. The van der Waals surface area contributed by atoms with Crippen LogP contribution in [0.15, 0.2) is 42.7 Å². The predicted molar refractivity (Wildman–Crippen MR) is 87.8 cm³/mol. The number of hydrogen-bond acceptors (Lipinski definition) is 5. The molecular formula is C17H15F4N3O2. The number of nitrogens with two attached hydrogens (primary N) is 1. The zero-order valence-corrected chi connectivity index (χ0v) is 13.6. The van der Waals surface area contributed by atoms with Crippen LogP contribution < -0.4 is 15.5 Å². The summed E-state index contributed by atoms with van der Waals surface area (Å²) >= 11 is 0. The van der Waals surface area contributed by atoms with Gasteiger partial charge in [-0.3, -0.25) is 0 Å². The van der Waals surface area contributed by atoms with E-state index in [2.05, 4.69) is 4.98 Å². The number of anilines is 2. The largest absolute Gasteiger partial charge is 0.483 e. The van der Waals surface area contributed by atoms with Gasteiger partial charge in [-0.05, 0) is 43.3 Å². The Hall–Kier alpha value is -2.97. The minimum absolute atomic E-state index is 0.00709. The van der Waals surface area contributed by atoms with Crippen molar-refractivity contribution in [3.8, 4) is 16.9 Å². The van der Waals surface area contributed by atoms with E-state index >= 15 is 0 Å². The van der Waals surface area contributed by atoms with Crippen molar-refractivity contribution in [3.63, 3.8) is 0 Å². The van der Waals surface area contributed by atoms with Gasteiger partial charge in [0.15, 0.2) is 12.4 Å². The van der Waals surface area contributed by atoms with Crippen LogP contribution in [0.2, 0.25) is 0 Å². The van der Waals surface area contributed by atoms with E-state index in [4.69, 9.17) is 15.3 Å². The molecule has 2 N–H and O–H groups in total. The Morgan fingerprint density at radius 2 is 2.00 bits per heavy atom. The topological polar surface area (TPSA) is 60.6 Å². The van der Waals surface area contributed by atoms with Gasteiger partial charge in [0.25, 0.3) is 0 Å². The minimum Gasteiger partial charge on any atom is -0.483 e. The SMILES string of the molecule is CC1C=CON1c1ccc(-c2cc(F)ccc2OCC(F)(F)F)c(N)n1. The van der Waals surface area contributed by atoms with Crippen molar-refractivity contribution in [1.82, 2.24) is 4.98 Å². The van der Waals surface area contributed by atoms with Crippen molar-refractivity contribution >= 4 is 11.6 Å². The van der Waals surface area contributed by atoms with Crippen LogP contribution in [-0.4, -0.2) is 23.8 Å². The highest BCUT2D eigenvalue weighted by molar-refractivity contribution is 5.79. The molecule has 0 saturated carbocycles. The Kier molecular flexibility index (Phi) is 4.62. The molecule has 0 saturated heterocycles. The zero-order chi connectivity index (χ0) is 18.9. The van der Waals surface area contributed by atoms with Gasteiger partial charge in [-0.25, -0.2) is 9.37 Å². The van der Waals surface area contributed by atoms with E-state index in [1.165, 1.54) is 17.4 Å². The number of rotatable bonds is 4. The Labute approximate surface area is 146 Å². The van der Waals surface area contributed by atoms with E-state index < -0.39 is 18.6 Å². The summed E-state index contributed by atoms with van der Waals surface area (Å²) < 4.78 is 55.7. The first-order chi connectivity index (χ1) is 12.2. The lowest BCUT2D eigenvalue weighted by atomic mass is 10.0. The fourth-order valence-corrected chi connectivity index (χ4v) is 2.46. The average Bonchev–Trinajstić information content (AvgIpc) is 2.99. The van der Waals surface area contributed by atoms with Crippen LogP contribution in [-0.2, 0) is 4.84 Å². The summed E-state index contributed by atoms with van der Waals surface area (Å²) in [5.74, 6) is -0.355. The normalized spacial score (nSPS) is 16.7. The summed E-state index contributed by atoms with van der Waals surface area (Å²) in [5.41, 5.74) is 6.29. The number of hydrogen-bond donors (Lipinski definition) is 1. The van der Waals surface area contributed by atoms with Crippen molar-refractivity contribution < 1.29 is 27.1 Å². The van der Waals surface area contributed by atoms with Crippen LogP contribution in [0.4, 0.5) is 29.2 Å². The third-order valence-corrected chi connectivity index (χ3v) is 3.66. The second-order valence-corrected chi connectivity index (χ2v) is 5.65. The Bertz CT molecular complexity index is 839. The molecule has 0 spiro atoms. The van der Waals surface area contributed by atoms with Gasteiger partial charge in [-0.15, -0.1) is 0 Å². The third-order valence-electron chi connectivity index (χ3n) is 3.66. The maximum Gasteiger partial charge on any atom is 0.422 e. The maximum absolute atomic E-state index is 13.6. The lowest BCUT2D eigenvalue weighted by Crippen LogP contribution is -2.26. The number of halogens is 4. The molecule has 2 aromatic rings. The number of ether oxygens (including phenoxy) is 1. The number of alkyl halides is 3. The average molecular weight is 369 g/mol.